The second-order valence-electron chi connectivity index (χ2n) is 4.07. The van der Waals surface area contributed by atoms with Crippen molar-refractivity contribution in [2.45, 2.75) is 0 Å². The molecular weight excluding hydrogens is 224 g/mol. The highest BCUT2D eigenvalue weighted by atomic mass is 16.5. The molecule has 0 saturated carbocycles. The molecular formula is C16H13O2+. The van der Waals surface area contributed by atoms with E-state index >= 15 is 0 Å². The molecule has 0 saturated heterocycles. The average molecular weight is 237 g/mol. The van der Waals surface area contributed by atoms with Crippen molar-refractivity contribution >= 4 is 11.0 Å². The maximum absolute atomic E-state index is 5.88. The lowest BCUT2D eigenvalue weighted by atomic mass is 10.1. The van der Waals surface area contributed by atoms with Crippen LogP contribution in [0.1, 0.15) is 0 Å². The topological polar surface area (TPSA) is 20.5 Å². The third-order valence-electron chi connectivity index (χ3n) is 2.93. The van der Waals surface area contributed by atoms with Gasteiger partial charge in [-0.05, 0) is 36.4 Å². The summed E-state index contributed by atoms with van der Waals surface area (Å²) in [5.74, 6) is 1.70. The molecule has 0 amide bonds. The van der Waals surface area contributed by atoms with Crippen LogP contribution in [-0.2, 0) is 0 Å². The lowest BCUT2D eigenvalue weighted by molar-refractivity contribution is 0.415. The fourth-order valence-corrected chi connectivity index (χ4v) is 1.94. The van der Waals surface area contributed by atoms with E-state index in [1.165, 1.54) is 0 Å². The molecule has 18 heavy (non-hydrogen) atoms. The molecule has 0 spiro atoms. The van der Waals surface area contributed by atoms with Crippen LogP contribution in [-0.4, -0.2) is 7.11 Å². The summed E-state index contributed by atoms with van der Waals surface area (Å²) < 4.78 is 11.0. The first-order valence-corrected chi connectivity index (χ1v) is 5.83. The molecule has 0 unspecified atom stereocenters. The Morgan fingerprint density at radius 3 is 2.39 bits per heavy atom. The quantitative estimate of drug-likeness (QED) is 0.616. The number of ether oxygens (including phenoxy) is 1. The molecule has 0 N–H and O–H groups in total. The molecule has 2 heteroatoms. The first-order chi connectivity index (χ1) is 8.86. The molecule has 0 aliphatic rings. The maximum Gasteiger partial charge on any atom is 0.360 e. The summed E-state index contributed by atoms with van der Waals surface area (Å²) in [5, 5.41) is 1.11. The Kier molecular flexibility index (Phi) is 2.69. The summed E-state index contributed by atoms with van der Waals surface area (Å²) in [6.45, 7) is 0. The Bertz CT molecular complexity index is 672. The van der Waals surface area contributed by atoms with Gasteiger partial charge in [0, 0.05) is 12.1 Å². The van der Waals surface area contributed by atoms with Crippen LogP contribution in [0.15, 0.2) is 65.1 Å². The summed E-state index contributed by atoms with van der Waals surface area (Å²) in [7, 11) is 1.66. The Hall–Kier alpha value is -2.35. The zero-order valence-electron chi connectivity index (χ0n) is 10.1. The predicted molar refractivity (Wildman–Crippen MR) is 72.6 cm³/mol. The fourth-order valence-electron chi connectivity index (χ4n) is 1.94. The van der Waals surface area contributed by atoms with Crippen molar-refractivity contribution in [1.29, 1.82) is 0 Å². The first kappa shape index (κ1) is 10.8. The lowest BCUT2D eigenvalue weighted by Gasteiger charge is -1.98. The van der Waals surface area contributed by atoms with Crippen LogP contribution in [0.25, 0.3) is 22.3 Å². The molecule has 0 bridgehead atoms. The van der Waals surface area contributed by atoms with Crippen molar-refractivity contribution in [1.82, 2.24) is 0 Å². The summed E-state index contributed by atoms with van der Waals surface area (Å²) in [5.41, 5.74) is 1.94. The molecule has 88 valence electrons. The summed E-state index contributed by atoms with van der Waals surface area (Å²) in [4.78, 5) is 0. The largest absolute Gasteiger partial charge is 0.497 e. The van der Waals surface area contributed by atoms with Crippen molar-refractivity contribution < 1.29 is 9.15 Å². The van der Waals surface area contributed by atoms with E-state index < -0.39 is 0 Å². The van der Waals surface area contributed by atoms with Crippen molar-refractivity contribution in [2.24, 2.45) is 0 Å². The molecule has 3 aromatic rings. The van der Waals surface area contributed by atoms with Crippen molar-refractivity contribution in [3.63, 3.8) is 0 Å². The average Bonchev–Trinajstić information content (AvgIpc) is 2.47. The SMILES string of the molecule is COc1ccc(-c2ccc3ccccc3[o+]2)cc1. The number of methoxy groups -OCH3 is 1. The van der Waals surface area contributed by atoms with Crippen LogP contribution in [0.3, 0.4) is 0 Å². The molecule has 3 rings (SSSR count). The van der Waals surface area contributed by atoms with Crippen LogP contribution < -0.4 is 4.74 Å². The highest BCUT2D eigenvalue weighted by molar-refractivity contribution is 5.78. The molecule has 1 heterocycles. The minimum atomic E-state index is 0.847. The van der Waals surface area contributed by atoms with E-state index in [2.05, 4.69) is 6.07 Å². The molecule has 0 atom stereocenters. The Morgan fingerprint density at radius 2 is 1.61 bits per heavy atom. The number of benzene rings is 2. The smallest absolute Gasteiger partial charge is 0.360 e. The van der Waals surface area contributed by atoms with Crippen LogP contribution in [0.2, 0.25) is 0 Å². The monoisotopic (exact) mass is 237 g/mol. The molecule has 0 fully saturated rings. The standard InChI is InChI=1S/C16H13O2/c1-17-14-9-6-13(7-10-14)16-11-8-12-4-2-3-5-15(12)18-16/h2-11H,1H3/q+1. The third kappa shape index (κ3) is 1.93. The predicted octanol–water partition coefficient (Wildman–Crippen LogP) is 4.39. The third-order valence-corrected chi connectivity index (χ3v) is 2.93. The van der Waals surface area contributed by atoms with Gasteiger partial charge in [-0.1, -0.05) is 12.1 Å². The van der Waals surface area contributed by atoms with E-state index in [9.17, 15) is 0 Å². The zero-order chi connectivity index (χ0) is 12.4. The van der Waals surface area contributed by atoms with Gasteiger partial charge in [-0.2, -0.15) is 0 Å². The molecule has 2 aromatic carbocycles. The van der Waals surface area contributed by atoms with Gasteiger partial charge < -0.3 is 4.74 Å². The van der Waals surface area contributed by atoms with E-state index in [1.807, 2.05) is 54.6 Å². The van der Waals surface area contributed by atoms with Gasteiger partial charge in [-0.25, -0.2) is 4.42 Å². The number of hydrogen-bond donors (Lipinski definition) is 0. The highest BCUT2D eigenvalue weighted by Crippen LogP contribution is 2.25. The van der Waals surface area contributed by atoms with Gasteiger partial charge in [0.15, 0.2) is 0 Å². The molecule has 2 nitrogen and oxygen atoms in total. The van der Waals surface area contributed by atoms with Gasteiger partial charge in [0.2, 0.25) is 0 Å². The Labute approximate surface area is 105 Å². The van der Waals surface area contributed by atoms with Gasteiger partial charge in [-0.15, -0.1) is 0 Å². The fraction of sp³-hybridized carbons (Fsp3) is 0.0625. The minimum Gasteiger partial charge on any atom is -0.497 e. The number of rotatable bonds is 2. The molecule has 0 aliphatic heterocycles. The van der Waals surface area contributed by atoms with E-state index in [4.69, 9.17) is 9.15 Å². The van der Waals surface area contributed by atoms with E-state index in [-0.39, 0.29) is 0 Å². The van der Waals surface area contributed by atoms with E-state index in [0.29, 0.717) is 0 Å². The van der Waals surface area contributed by atoms with Crippen LogP contribution in [0.4, 0.5) is 0 Å². The van der Waals surface area contributed by atoms with Crippen LogP contribution in [0, 0.1) is 0 Å². The van der Waals surface area contributed by atoms with Crippen LogP contribution in [0.5, 0.6) is 5.75 Å². The normalized spacial score (nSPS) is 10.5. The van der Waals surface area contributed by atoms with Crippen molar-refractivity contribution in [2.75, 3.05) is 7.11 Å². The zero-order valence-corrected chi connectivity index (χ0v) is 10.1. The maximum atomic E-state index is 5.88. The second kappa shape index (κ2) is 4.49. The minimum absolute atomic E-state index is 0.847. The number of para-hydroxylation sites is 1. The van der Waals surface area contributed by atoms with E-state index in [1.54, 1.807) is 7.11 Å². The highest BCUT2D eigenvalue weighted by Gasteiger charge is 2.13. The molecule has 0 aliphatic carbocycles. The number of hydrogen-bond acceptors (Lipinski definition) is 1. The lowest BCUT2D eigenvalue weighted by Crippen LogP contribution is -1.83. The van der Waals surface area contributed by atoms with Gasteiger partial charge in [0.25, 0.3) is 0 Å². The van der Waals surface area contributed by atoms with Gasteiger partial charge >= 0.3 is 11.3 Å². The van der Waals surface area contributed by atoms with Gasteiger partial charge in [0.05, 0.1) is 18.1 Å². The van der Waals surface area contributed by atoms with Crippen molar-refractivity contribution in [3.8, 4) is 17.1 Å². The van der Waals surface area contributed by atoms with Gasteiger partial charge in [0.1, 0.15) is 5.75 Å². The summed E-state index contributed by atoms with van der Waals surface area (Å²) >= 11 is 0. The first-order valence-electron chi connectivity index (χ1n) is 5.83. The Balaban J connectivity index is 2.07. The second-order valence-corrected chi connectivity index (χ2v) is 4.07. The van der Waals surface area contributed by atoms with Gasteiger partial charge in [-0.3, -0.25) is 0 Å². The molecule has 1 aromatic heterocycles. The van der Waals surface area contributed by atoms with Crippen molar-refractivity contribution in [3.05, 3.63) is 60.7 Å². The summed E-state index contributed by atoms with van der Waals surface area (Å²) in [6, 6.07) is 19.9. The Morgan fingerprint density at radius 1 is 0.833 bits per heavy atom. The number of fused-ring (bicyclic) bond motifs is 1. The summed E-state index contributed by atoms with van der Waals surface area (Å²) in [6.07, 6.45) is 0. The molecule has 0 radical (unpaired) electrons. The van der Waals surface area contributed by atoms with Crippen LogP contribution >= 0.6 is 0 Å². The van der Waals surface area contributed by atoms with E-state index in [0.717, 1.165) is 28.0 Å².